The SMILES string of the molecule is COCCN1C(=O)[C@H]2[C@H](C1=O)[C@H](C(=O)c1cccs1)N1c3ccccc3C=C[C@H]21. The monoisotopic (exact) mass is 408 g/mol. The van der Waals surface area contributed by atoms with Gasteiger partial charge in [0.15, 0.2) is 5.78 Å². The Morgan fingerprint density at radius 3 is 2.66 bits per heavy atom. The van der Waals surface area contributed by atoms with Crippen molar-refractivity contribution in [2.45, 2.75) is 12.1 Å². The smallest absolute Gasteiger partial charge is 0.235 e. The van der Waals surface area contributed by atoms with Gasteiger partial charge in [-0.2, -0.15) is 0 Å². The van der Waals surface area contributed by atoms with Crippen LogP contribution in [-0.4, -0.2) is 54.8 Å². The van der Waals surface area contributed by atoms with Crippen LogP contribution in [0, 0.1) is 11.8 Å². The Kier molecular flexibility index (Phi) is 4.37. The maximum Gasteiger partial charge on any atom is 0.235 e. The first-order valence-corrected chi connectivity index (χ1v) is 10.5. The molecule has 0 radical (unpaired) electrons. The second-order valence-electron chi connectivity index (χ2n) is 7.47. The summed E-state index contributed by atoms with van der Waals surface area (Å²) < 4.78 is 5.07. The van der Waals surface area contributed by atoms with E-state index in [2.05, 4.69) is 0 Å². The van der Waals surface area contributed by atoms with Crippen molar-refractivity contribution in [2.24, 2.45) is 11.8 Å². The van der Waals surface area contributed by atoms with Gasteiger partial charge < -0.3 is 9.64 Å². The normalized spacial score (nSPS) is 27.2. The fourth-order valence-corrected chi connectivity index (χ4v) is 5.54. The summed E-state index contributed by atoms with van der Waals surface area (Å²) in [4.78, 5) is 43.9. The van der Waals surface area contributed by atoms with E-state index >= 15 is 0 Å². The van der Waals surface area contributed by atoms with Crippen LogP contribution in [0.2, 0.25) is 0 Å². The number of anilines is 1. The number of methoxy groups -OCH3 is 1. The summed E-state index contributed by atoms with van der Waals surface area (Å²) >= 11 is 1.37. The van der Waals surface area contributed by atoms with Crippen molar-refractivity contribution in [1.29, 1.82) is 0 Å². The average molecular weight is 408 g/mol. The van der Waals surface area contributed by atoms with E-state index in [0.717, 1.165) is 11.3 Å². The molecule has 1 aromatic heterocycles. The number of thiophene rings is 1. The van der Waals surface area contributed by atoms with Crippen LogP contribution in [0.1, 0.15) is 15.2 Å². The van der Waals surface area contributed by atoms with E-state index in [9.17, 15) is 14.4 Å². The van der Waals surface area contributed by atoms with Gasteiger partial charge in [0.25, 0.3) is 0 Å². The first kappa shape index (κ1) is 18.3. The minimum absolute atomic E-state index is 0.0997. The zero-order valence-electron chi connectivity index (χ0n) is 15.9. The summed E-state index contributed by atoms with van der Waals surface area (Å²) in [5.41, 5.74) is 1.89. The molecule has 0 N–H and O–H groups in total. The largest absolute Gasteiger partial charge is 0.383 e. The van der Waals surface area contributed by atoms with Crippen LogP contribution in [0.25, 0.3) is 6.08 Å². The number of para-hydroxylation sites is 1. The maximum absolute atomic E-state index is 13.5. The quantitative estimate of drug-likeness (QED) is 0.562. The number of nitrogens with zero attached hydrogens (tertiary/aromatic N) is 2. The van der Waals surface area contributed by atoms with Crippen molar-refractivity contribution in [1.82, 2.24) is 4.90 Å². The number of hydrogen-bond acceptors (Lipinski definition) is 6. The van der Waals surface area contributed by atoms with Gasteiger partial charge in [-0.15, -0.1) is 11.3 Å². The Bertz CT molecular complexity index is 1020. The van der Waals surface area contributed by atoms with Gasteiger partial charge in [0.05, 0.1) is 35.9 Å². The summed E-state index contributed by atoms with van der Waals surface area (Å²) in [5, 5.41) is 1.85. The molecule has 3 aliphatic heterocycles. The van der Waals surface area contributed by atoms with Gasteiger partial charge in [0.1, 0.15) is 6.04 Å². The highest BCUT2D eigenvalue weighted by Gasteiger charge is 2.63. The summed E-state index contributed by atoms with van der Waals surface area (Å²) in [6, 6.07) is 10.4. The molecule has 4 atom stereocenters. The highest BCUT2D eigenvalue weighted by Crippen LogP contribution is 2.49. The predicted molar refractivity (Wildman–Crippen MR) is 110 cm³/mol. The van der Waals surface area contributed by atoms with Crippen LogP contribution in [0.5, 0.6) is 0 Å². The average Bonchev–Trinajstić information content (AvgIpc) is 3.44. The Labute approximate surface area is 172 Å². The molecule has 4 heterocycles. The number of likely N-dealkylation sites (tertiary alicyclic amines) is 1. The van der Waals surface area contributed by atoms with Crippen LogP contribution in [-0.2, 0) is 14.3 Å². The molecule has 29 heavy (non-hydrogen) atoms. The van der Waals surface area contributed by atoms with Crippen LogP contribution < -0.4 is 4.90 Å². The van der Waals surface area contributed by atoms with Gasteiger partial charge >= 0.3 is 0 Å². The van der Waals surface area contributed by atoms with E-state index in [1.165, 1.54) is 23.3 Å². The number of hydrogen-bond donors (Lipinski definition) is 0. The van der Waals surface area contributed by atoms with E-state index in [0.29, 0.717) is 4.88 Å². The third kappa shape index (κ3) is 2.61. The van der Waals surface area contributed by atoms with Crippen molar-refractivity contribution in [3.63, 3.8) is 0 Å². The third-order valence-electron chi connectivity index (χ3n) is 6.06. The molecule has 1 aromatic carbocycles. The number of carbonyl (C=O) groups excluding carboxylic acids is 3. The number of amides is 2. The molecule has 7 heteroatoms. The zero-order chi connectivity index (χ0) is 20.1. The number of imide groups is 1. The summed E-state index contributed by atoms with van der Waals surface area (Å²) in [7, 11) is 1.54. The summed E-state index contributed by atoms with van der Waals surface area (Å²) in [6.45, 7) is 0.502. The molecule has 2 amide bonds. The number of ketones is 1. The Morgan fingerprint density at radius 1 is 1.10 bits per heavy atom. The van der Waals surface area contributed by atoms with E-state index in [-0.39, 0.29) is 36.8 Å². The molecule has 148 valence electrons. The van der Waals surface area contributed by atoms with E-state index in [1.54, 1.807) is 6.07 Å². The lowest BCUT2D eigenvalue weighted by Crippen LogP contribution is -2.49. The third-order valence-corrected chi connectivity index (χ3v) is 6.94. The molecule has 0 aliphatic carbocycles. The molecule has 5 rings (SSSR count). The van der Waals surface area contributed by atoms with Crippen LogP contribution >= 0.6 is 11.3 Å². The van der Waals surface area contributed by atoms with Crippen LogP contribution in [0.15, 0.2) is 47.9 Å². The molecule has 0 unspecified atom stereocenters. The molecule has 0 spiro atoms. The number of rotatable bonds is 5. The Hall–Kier alpha value is -2.77. The lowest BCUT2D eigenvalue weighted by atomic mass is 9.87. The van der Waals surface area contributed by atoms with Crippen LogP contribution in [0.4, 0.5) is 5.69 Å². The highest BCUT2D eigenvalue weighted by atomic mass is 32.1. The molecule has 2 aromatic rings. The van der Waals surface area contributed by atoms with Crippen molar-refractivity contribution in [2.75, 3.05) is 25.2 Å². The topological polar surface area (TPSA) is 66.9 Å². The van der Waals surface area contributed by atoms with E-state index in [4.69, 9.17) is 4.74 Å². The molecule has 0 saturated carbocycles. The first-order chi connectivity index (χ1) is 14.1. The van der Waals surface area contributed by atoms with Gasteiger partial charge in [0.2, 0.25) is 11.8 Å². The highest BCUT2D eigenvalue weighted by molar-refractivity contribution is 7.12. The second kappa shape index (κ2) is 6.93. The van der Waals surface area contributed by atoms with Gasteiger partial charge in [-0.05, 0) is 23.1 Å². The lowest BCUT2D eigenvalue weighted by Gasteiger charge is -2.36. The molecular formula is C22H20N2O4S. The van der Waals surface area contributed by atoms with Gasteiger partial charge in [-0.25, -0.2) is 0 Å². The lowest BCUT2D eigenvalue weighted by molar-refractivity contribution is -0.141. The number of Topliss-reactive ketones (excluding diaryl/α,β-unsaturated/α-hetero) is 1. The van der Waals surface area contributed by atoms with Crippen molar-refractivity contribution >= 4 is 40.7 Å². The fraction of sp³-hybridized carbons (Fsp3) is 0.318. The number of fused-ring (bicyclic) bond motifs is 5. The molecular weight excluding hydrogens is 388 g/mol. The standard InChI is InChI=1S/C22H20N2O4S/c1-28-11-10-23-21(26)17-15-9-8-13-5-2-3-6-14(13)24(15)19(18(17)22(23)27)20(25)16-7-4-12-29-16/h2-9,12,15,17-19H,10-11H2,1H3/t15-,17-,18+,19-/m1/s1. The minimum Gasteiger partial charge on any atom is -0.383 e. The van der Waals surface area contributed by atoms with Gasteiger partial charge in [-0.3, -0.25) is 19.3 Å². The molecule has 6 nitrogen and oxygen atoms in total. The Morgan fingerprint density at radius 2 is 1.90 bits per heavy atom. The molecule has 2 fully saturated rings. The van der Waals surface area contributed by atoms with Crippen molar-refractivity contribution in [3.05, 3.63) is 58.3 Å². The molecule has 2 saturated heterocycles. The summed E-state index contributed by atoms with van der Waals surface area (Å²) in [5.74, 6) is -1.82. The molecule has 0 bridgehead atoms. The fourth-order valence-electron chi connectivity index (χ4n) is 4.84. The minimum atomic E-state index is -0.696. The first-order valence-electron chi connectivity index (χ1n) is 9.61. The van der Waals surface area contributed by atoms with Crippen molar-refractivity contribution in [3.8, 4) is 0 Å². The van der Waals surface area contributed by atoms with E-state index < -0.39 is 17.9 Å². The zero-order valence-corrected chi connectivity index (χ0v) is 16.7. The Balaban J connectivity index is 1.62. The summed E-state index contributed by atoms with van der Waals surface area (Å²) in [6.07, 6.45) is 3.95. The number of benzene rings is 1. The van der Waals surface area contributed by atoms with Crippen molar-refractivity contribution < 1.29 is 19.1 Å². The predicted octanol–water partition coefficient (Wildman–Crippen LogP) is 2.46. The van der Waals surface area contributed by atoms with Gasteiger partial charge in [-0.1, -0.05) is 36.4 Å². The number of ether oxygens (including phenoxy) is 1. The molecule has 3 aliphatic rings. The van der Waals surface area contributed by atoms with E-state index in [1.807, 2.05) is 52.8 Å². The maximum atomic E-state index is 13.5. The van der Waals surface area contributed by atoms with Crippen LogP contribution in [0.3, 0.4) is 0 Å². The second-order valence-corrected chi connectivity index (χ2v) is 8.42. The number of carbonyl (C=O) groups is 3. The van der Waals surface area contributed by atoms with Gasteiger partial charge in [0, 0.05) is 12.8 Å².